The highest BCUT2D eigenvalue weighted by Gasteiger charge is 2.33. The van der Waals surface area contributed by atoms with Gasteiger partial charge >= 0.3 is 0 Å². The van der Waals surface area contributed by atoms with Gasteiger partial charge in [0.15, 0.2) is 0 Å². The molecule has 1 aliphatic carbocycles. The van der Waals surface area contributed by atoms with Gasteiger partial charge in [0.2, 0.25) is 0 Å². The van der Waals surface area contributed by atoms with E-state index >= 15 is 0 Å². The SMILES string of the molecule is C=C(C)C1CC=C(C(C(=C)Nc2c(C)cccc2C)N2CCCC2C)CC1. The van der Waals surface area contributed by atoms with Crippen LogP contribution in [0.3, 0.4) is 0 Å². The van der Waals surface area contributed by atoms with E-state index in [9.17, 15) is 0 Å². The van der Waals surface area contributed by atoms with Crippen LogP contribution >= 0.6 is 0 Å². The van der Waals surface area contributed by atoms with Crippen LogP contribution < -0.4 is 5.32 Å². The molecule has 1 aromatic rings. The van der Waals surface area contributed by atoms with E-state index in [0.717, 1.165) is 18.5 Å². The quantitative estimate of drug-likeness (QED) is 0.589. The number of hydrogen-bond acceptors (Lipinski definition) is 2. The van der Waals surface area contributed by atoms with Gasteiger partial charge in [0, 0.05) is 17.4 Å². The summed E-state index contributed by atoms with van der Waals surface area (Å²) in [7, 11) is 0. The molecule has 3 atom stereocenters. The van der Waals surface area contributed by atoms with Crippen molar-refractivity contribution in [3.05, 3.63) is 65.4 Å². The molecule has 1 aromatic carbocycles. The summed E-state index contributed by atoms with van der Waals surface area (Å²) in [5.41, 5.74) is 7.78. The Bertz CT molecular complexity index is 722. The molecule has 3 unspecified atom stereocenters. The highest BCUT2D eigenvalue weighted by atomic mass is 15.2. The molecule has 0 radical (unpaired) electrons. The van der Waals surface area contributed by atoms with Crippen LogP contribution in [0.4, 0.5) is 5.69 Å². The standard InChI is InChI=1S/C25H36N2/c1-17(2)22-12-14-23(15-13-22)25(27-16-8-11-20(27)5)21(6)26-24-18(3)9-7-10-19(24)4/h7,9-10,14,20,22,25-26H,1,6,8,11-13,15-16H2,2-5H3. The highest BCUT2D eigenvalue weighted by Crippen LogP contribution is 2.36. The third kappa shape index (κ3) is 4.38. The summed E-state index contributed by atoms with van der Waals surface area (Å²) in [5.74, 6) is 0.644. The largest absolute Gasteiger partial charge is 0.357 e. The summed E-state index contributed by atoms with van der Waals surface area (Å²) < 4.78 is 0. The van der Waals surface area contributed by atoms with E-state index in [0.29, 0.717) is 18.0 Å². The van der Waals surface area contributed by atoms with Crippen LogP contribution in [0.2, 0.25) is 0 Å². The van der Waals surface area contributed by atoms with Gasteiger partial charge in [0.25, 0.3) is 0 Å². The van der Waals surface area contributed by atoms with Crippen molar-refractivity contribution < 1.29 is 0 Å². The Hall–Kier alpha value is -1.80. The van der Waals surface area contributed by atoms with Crippen molar-refractivity contribution in [3.8, 4) is 0 Å². The molecule has 1 saturated heterocycles. The Kier molecular flexibility index (Phi) is 6.26. The average molecular weight is 365 g/mol. The van der Waals surface area contributed by atoms with Crippen LogP contribution in [-0.4, -0.2) is 23.5 Å². The second kappa shape index (κ2) is 8.48. The first-order valence-corrected chi connectivity index (χ1v) is 10.5. The molecule has 1 heterocycles. The van der Waals surface area contributed by atoms with E-state index in [2.05, 4.69) is 75.3 Å². The molecule has 1 N–H and O–H groups in total. The van der Waals surface area contributed by atoms with Crippen LogP contribution in [-0.2, 0) is 0 Å². The van der Waals surface area contributed by atoms with Crippen molar-refractivity contribution in [1.29, 1.82) is 0 Å². The maximum absolute atomic E-state index is 4.53. The van der Waals surface area contributed by atoms with Gasteiger partial charge < -0.3 is 5.32 Å². The third-order valence-corrected chi connectivity index (χ3v) is 6.53. The molecule has 2 nitrogen and oxygen atoms in total. The van der Waals surface area contributed by atoms with Crippen LogP contribution in [0.25, 0.3) is 0 Å². The second-order valence-electron chi connectivity index (χ2n) is 8.65. The first kappa shape index (κ1) is 19.9. The molecular formula is C25H36N2. The van der Waals surface area contributed by atoms with E-state index in [1.807, 2.05) is 0 Å². The molecule has 1 aliphatic heterocycles. The van der Waals surface area contributed by atoms with Gasteiger partial charge in [-0.2, -0.15) is 0 Å². The fourth-order valence-corrected chi connectivity index (χ4v) is 4.77. The van der Waals surface area contributed by atoms with Crippen LogP contribution in [0.15, 0.2) is 54.3 Å². The molecule has 0 saturated carbocycles. The van der Waals surface area contributed by atoms with Gasteiger partial charge in [-0.15, -0.1) is 0 Å². The van der Waals surface area contributed by atoms with Crippen molar-refractivity contribution >= 4 is 5.69 Å². The summed E-state index contributed by atoms with van der Waals surface area (Å²) in [5, 5.41) is 3.71. The van der Waals surface area contributed by atoms with Crippen molar-refractivity contribution in [2.45, 2.75) is 71.9 Å². The van der Waals surface area contributed by atoms with E-state index in [-0.39, 0.29) is 0 Å². The normalized spacial score (nSPS) is 24.4. The monoisotopic (exact) mass is 364 g/mol. The molecule has 0 spiro atoms. The first-order chi connectivity index (χ1) is 12.9. The molecule has 27 heavy (non-hydrogen) atoms. The zero-order valence-corrected chi connectivity index (χ0v) is 17.6. The van der Waals surface area contributed by atoms with Crippen molar-refractivity contribution in [3.63, 3.8) is 0 Å². The topological polar surface area (TPSA) is 15.3 Å². The first-order valence-electron chi connectivity index (χ1n) is 10.5. The number of anilines is 1. The maximum atomic E-state index is 4.53. The number of likely N-dealkylation sites (tertiary alicyclic amines) is 1. The van der Waals surface area contributed by atoms with E-state index in [1.165, 1.54) is 48.2 Å². The van der Waals surface area contributed by atoms with E-state index < -0.39 is 0 Å². The van der Waals surface area contributed by atoms with E-state index in [4.69, 9.17) is 0 Å². The summed E-state index contributed by atoms with van der Waals surface area (Å²) in [6.07, 6.45) is 8.55. The minimum atomic E-state index is 0.299. The zero-order valence-electron chi connectivity index (χ0n) is 17.6. The highest BCUT2D eigenvalue weighted by molar-refractivity contribution is 5.60. The molecule has 2 aliphatic rings. The molecule has 1 fully saturated rings. The van der Waals surface area contributed by atoms with Gasteiger partial charge in [-0.1, -0.05) is 48.6 Å². The number of hydrogen-bond donors (Lipinski definition) is 1. The van der Waals surface area contributed by atoms with Crippen molar-refractivity contribution in [1.82, 2.24) is 4.90 Å². The summed E-state index contributed by atoms with van der Waals surface area (Å²) >= 11 is 0. The zero-order chi connectivity index (χ0) is 19.6. The van der Waals surface area contributed by atoms with Crippen molar-refractivity contribution in [2.75, 3.05) is 11.9 Å². The van der Waals surface area contributed by atoms with Crippen LogP contribution in [0.1, 0.15) is 57.1 Å². The number of benzene rings is 1. The minimum absolute atomic E-state index is 0.299. The lowest BCUT2D eigenvalue weighted by Gasteiger charge is -2.37. The Morgan fingerprint density at radius 2 is 1.89 bits per heavy atom. The molecular weight excluding hydrogens is 328 g/mol. The van der Waals surface area contributed by atoms with E-state index in [1.54, 1.807) is 5.57 Å². The smallest absolute Gasteiger partial charge is 0.0709 e. The molecule has 2 heteroatoms. The Morgan fingerprint density at radius 1 is 1.19 bits per heavy atom. The maximum Gasteiger partial charge on any atom is 0.0709 e. The lowest BCUT2D eigenvalue weighted by atomic mass is 9.82. The minimum Gasteiger partial charge on any atom is -0.357 e. The van der Waals surface area contributed by atoms with Crippen LogP contribution in [0, 0.1) is 19.8 Å². The second-order valence-corrected chi connectivity index (χ2v) is 8.65. The third-order valence-electron chi connectivity index (χ3n) is 6.53. The van der Waals surface area contributed by atoms with Gasteiger partial charge in [-0.05, 0) is 83.4 Å². The number of nitrogens with one attached hydrogen (secondary N) is 1. The Labute approximate surface area is 166 Å². The summed E-state index contributed by atoms with van der Waals surface area (Å²) in [4.78, 5) is 2.66. The number of para-hydroxylation sites is 1. The fourth-order valence-electron chi connectivity index (χ4n) is 4.77. The number of rotatable bonds is 6. The number of aryl methyl sites for hydroxylation is 2. The number of nitrogens with zero attached hydrogens (tertiary/aromatic N) is 1. The predicted molar refractivity (Wildman–Crippen MR) is 118 cm³/mol. The van der Waals surface area contributed by atoms with Gasteiger partial charge in [-0.25, -0.2) is 0 Å². The average Bonchev–Trinajstić information content (AvgIpc) is 3.05. The predicted octanol–water partition coefficient (Wildman–Crippen LogP) is 6.38. The van der Waals surface area contributed by atoms with Crippen molar-refractivity contribution in [2.24, 2.45) is 5.92 Å². The molecule has 0 bridgehead atoms. The molecule has 3 rings (SSSR count). The lowest BCUT2D eigenvalue weighted by molar-refractivity contribution is 0.232. The van der Waals surface area contributed by atoms with Gasteiger partial charge in [0.05, 0.1) is 6.04 Å². The van der Waals surface area contributed by atoms with Gasteiger partial charge in [-0.3, -0.25) is 4.90 Å². The molecule has 0 aromatic heterocycles. The molecule has 146 valence electrons. The molecule has 0 amide bonds. The summed E-state index contributed by atoms with van der Waals surface area (Å²) in [6, 6.07) is 7.39. The van der Waals surface area contributed by atoms with Gasteiger partial charge in [0.1, 0.15) is 0 Å². The fraction of sp³-hybridized carbons (Fsp3) is 0.520. The lowest BCUT2D eigenvalue weighted by Crippen LogP contribution is -2.42. The van der Waals surface area contributed by atoms with Crippen LogP contribution in [0.5, 0.6) is 0 Å². The number of allylic oxidation sites excluding steroid dienone is 2. The Morgan fingerprint density at radius 3 is 2.41 bits per heavy atom. The summed E-state index contributed by atoms with van der Waals surface area (Å²) in [6.45, 7) is 18.8. The Balaban J connectivity index is 1.86.